The van der Waals surface area contributed by atoms with Gasteiger partial charge in [-0.15, -0.1) is 0 Å². The van der Waals surface area contributed by atoms with E-state index in [2.05, 4.69) is 32.7 Å². The summed E-state index contributed by atoms with van der Waals surface area (Å²) in [6.45, 7) is 10.5. The monoisotopic (exact) mass is 451 g/mol. The van der Waals surface area contributed by atoms with Gasteiger partial charge in [0, 0.05) is 42.3 Å². The molecule has 0 radical (unpaired) electrons. The number of rotatable bonds is 2. The van der Waals surface area contributed by atoms with E-state index in [0.29, 0.717) is 29.4 Å². The summed E-state index contributed by atoms with van der Waals surface area (Å²) < 4.78 is 18.1. The summed E-state index contributed by atoms with van der Waals surface area (Å²) in [5.74, 6) is 1.46. The van der Waals surface area contributed by atoms with E-state index in [1.54, 1.807) is 12.4 Å². The van der Waals surface area contributed by atoms with Gasteiger partial charge in [0.25, 0.3) is 0 Å². The summed E-state index contributed by atoms with van der Waals surface area (Å²) in [6.07, 6.45) is 7.61. The molecule has 3 heterocycles. The lowest BCUT2D eigenvalue weighted by Gasteiger charge is -2.64. The molecule has 0 saturated heterocycles. The highest BCUT2D eigenvalue weighted by atomic mass is 16.5. The molecule has 0 aromatic carbocycles. The Hall–Kier alpha value is -2.63. The Morgan fingerprint density at radius 2 is 1.94 bits per heavy atom. The van der Waals surface area contributed by atoms with Crippen LogP contribution >= 0.6 is 0 Å². The van der Waals surface area contributed by atoms with Crippen LogP contribution < -0.4 is 10.4 Å². The third-order valence-electron chi connectivity index (χ3n) is 8.95. The van der Waals surface area contributed by atoms with E-state index in [4.69, 9.17) is 13.9 Å². The van der Waals surface area contributed by atoms with Crippen molar-refractivity contribution >= 4 is 5.97 Å². The lowest BCUT2D eigenvalue weighted by molar-refractivity contribution is -0.204. The normalized spacial score (nSPS) is 34.3. The van der Waals surface area contributed by atoms with Gasteiger partial charge in [0.15, 0.2) is 0 Å². The topological polar surface area (TPSA) is 78.6 Å². The minimum Gasteiger partial charge on any atom is -0.487 e. The van der Waals surface area contributed by atoms with Gasteiger partial charge in [-0.2, -0.15) is 0 Å². The molecule has 6 nitrogen and oxygen atoms in total. The predicted octanol–water partition coefficient (Wildman–Crippen LogP) is 5.18. The molecule has 0 bridgehead atoms. The third-order valence-corrected chi connectivity index (χ3v) is 8.95. The van der Waals surface area contributed by atoms with Crippen LogP contribution in [0.2, 0.25) is 0 Å². The van der Waals surface area contributed by atoms with Gasteiger partial charge in [0.05, 0.1) is 5.56 Å². The van der Waals surface area contributed by atoms with Crippen molar-refractivity contribution in [3.63, 3.8) is 0 Å². The van der Waals surface area contributed by atoms with Crippen molar-refractivity contribution < 1.29 is 18.7 Å². The molecule has 1 aliphatic heterocycles. The van der Waals surface area contributed by atoms with Gasteiger partial charge in [0.1, 0.15) is 23.2 Å². The summed E-state index contributed by atoms with van der Waals surface area (Å²) in [5.41, 5.74) is 0.533. The minimum absolute atomic E-state index is 0.0285. The van der Waals surface area contributed by atoms with Gasteiger partial charge in [-0.25, -0.2) is 4.79 Å². The van der Waals surface area contributed by atoms with Crippen LogP contribution in [-0.4, -0.2) is 22.7 Å². The van der Waals surface area contributed by atoms with Gasteiger partial charge in [-0.1, -0.05) is 20.8 Å². The van der Waals surface area contributed by atoms with Crippen molar-refractivity contribution in [3.8, 4) is 17.1 Å². The SMILES string of the molecule is CC(=O)O[C@H]1CC[C@@]2(C)C(CC[C@@]3(C)Oc4cc(-c5cccnc5)oc(=O)c4CC23)C1(C)C. The maximum Gasteiger partial charge on any atom is 0.343 e. The molecule has 5 atom stereocenters. The van der Waals surface area contributed by atoms with E-state index < -0.39 is 0 Å². The number of pyridine rings is 1. The highest BCUT2D eigenvalue weighted by Crippen LogP contribution is 2.64. The van der Waals surface area contributed by atoms with Crippen LogP contribution in [0.15, 0.2) is 39.8 Å². The van der Waals surface area contributed by atoms with Crippen molar-refractivity contribution in [3.05, 3.63) is 46.6 Å². The van der Waals surface area contributed by atoms with Crippen LogP contribution in [0.3, 0.4) is 0 Å². The summed E-state index contributed by atoms with van der Waals surface area (Å²) >= 11 is 0. The van der Waals surface area contributed by atoms with Crippen molar-refractivity contribution in [1.82, 2.24) is 4.98 Å². The first-order chi connectivity index (χ1) is 15.5. The van der Waals surface area contributed by atoms with Crippen molar-refractivity contribution in [1.29, 1.82) is 0 Å². The van der Waals surface area contributed by atoms with Gasteiger partial charge in [-0.3, -0.25) is 9.78 Å². The second-order valence-corrected chi connectivity index (χ2v) is 11.2. The molecule has 176 valence electrons. The fourth-order valence-electron chi connectivity index (χ4n) is 7.35. The van der Waals surface area contributed by atoms with Crippen molar-refractivity contribution in [2.75, 3.05) is 0 Å². The van der Waals surface area contributed by atoms with Gasteiger partial charge < -0.3 is 13.9 Å². The van der Waals surface area contributed by atoms with Crippen molar-refractivity contribution in [2.24, 2.45) is 22.7 Å². The Morgan fingerprint density at radius 1 is 1.15 bits per heavy atom. The Kier molecular flexibility index (Phi) is 5.00. The summed E-state index contributed by atoms with van der Waals surface area (Å²) in [5, 5.41) is 0. The zero-order valence-electron chi connectivity index (χ0n) is 20.1. The minimum atomic E-state index is -0.359. The number of aromatic nitrogens is 1. The lowest BCUT2D eigenvalue weighted by Crippen LogP contribution is -2.64. The molecular weight excluding hydrogens is 418 g/mol. The molecule has 5 rings (SSSR count). The molecule has 2 unspecified atom stereocenters. The first-order valence-corrected chi connectivity index (χ1v) is 12.0. The number of carbonyl (C=O) groups excluding carboxylic acids is 1. The summed E-state index contributed by atoms with van der Waals surface area (Å²) in [7, 11) is 0. The van der Waals surface area contributed by atoms with E-state index in [1.807, 2.05) is 18.2 Å². The Balaban J connectivity index is 1.52. The number of carbonyl (C=O) groups is 1. The van der Waals surface area contributed by atoms with Crippen LogP contribution in [0.4, 0.5) is 0 Å². The molecule has 2 aromatic rings. The van der Waals surface area contributed by atoms with E-state index in [1.165, 1.54) is 6.92 Å². The standard InChI is InChI=1S/C27H33NO5/c1-16(29)31-23-9-10-26(4)21(25(23,2)3)8-11-27(5)22(26)13-18-20(33-27)14-19(32-24(18)30)17-7-6-12-28-15-17/h6-7,12,14-15,21-23H,8-11,13H2,1-5H3/t21?,22?,23-,26-,27+/m0/s1. The smallest absolute Gasteiger partial charge is 0.343 e. The highest BCUT2D eigenvalue weighted by molar-refractivity contribution is 5.66. The van der Waals surface area contributed by atoms with Gasteiger partial charge in [0.2, 0.25) is 0 Å². The quantitative estimate of drug-likeness (QED) is 0.586. The first-order valence-electron chi connectivity index (χ1n) is 12.0. The van der Waals surface area contributed by atoms with E-state index in [9.17, 15) is 9.59 Å². The van der Waals surface area contributed by atoms with Crippen LogP contribution in [0, 0.1) is 22.7 Å². The molecule has 2 aliphatic carbocycles. The maximum atomic E-state index is 13.1. The molecule has 0 amide bonds. The largest absolute Gasteiger partial charge is 0.487 e. The molecule has 3 aliphatic rings. The molecular formula is C27H33NO5. The fraction of sp³-hybridized carbons (Fsp3) is 0.593. The van der Waals surface area contributed by atoms with Crippen molar-refractivity contribution in [2.45, 2.75) is 78.4 Å². The average molecular weight is 452 g/mol. The van der Waals surface area contributed by atoms with Gasteiger partial charge >= 0.3 is 11.6 Å². The molecule has 0 spiro atoms. The molecule has 2 aromatic heterocycles. The number of esters is 1. The predicted molar refractivity (Wildman–Crippen MR) is 124 cm³/mol. The summed E-state index contributed by atoms with van der Waals surface area (Å²) in [6, 6.07) is 5.55. The molecule has 0 N–H and O–H groups in total. The highest BCUT2D eigenvalue weighted by Gasteiger charge is 2.63. The van der Waals surface area contributed by atoms with E-state index in [-0.39, 0.29) is 40.0 Å². The number of ether oxygens (including phenoxy) is 2. The second kappa shape index (κ2) is 7.44. The Morgan fingerprint density at radius 3 is 2.64 bits per heavy atom. The first kappa shape index (κ1) is 22.2. The van der Waals surface area contributed by atoms with E-state index in [0.717, 1.165) is 31.2 Å². The van der Waals surface area contributed by atoms with Crippen LogP contribution in [0.5, 0.6) is 5.75 Å². The number of hydrogen-bond donors (Lipinski definition) is 0. The second-order valence-electron chi connectivity index (χ2n) is 11.2. The lowest BCUT2D eigenvalue weighted by atomic mass is 9.44. The van der Waals surface area contributed by atoms with E-state index >= 15 is 0 Å². The van der Waals surface area contributed by atoms with Crippen LogP contribution in [0.25, 0.3) is 11.3 Å². The zero-order chi connectivity index (χ0) is 23.6. The molecule has 33 heavy (non-hydrogen) atoms. The third kappa shape index (κ3) is 3.41. The molecule has 6 heteroatoms. The number of hydrogen-bond acceptors (Lipinski definition) is 6. The fourth-order valence-corrected chi connectivity index (χ4v) is 7.35. The van der Waals surface area contributed by atoms with Crippen LogP contribution in [0.1, 0.15) is 65.9 Å². The van der Waals surface area contributed by atoms with Crippen LogP contribution in [-0.2, 0) is 16.0 Å². The number of nitrogens with zero attached hydrogens (tertiary/aromatic N) is 1. The number of fused-ring (bicyclic) bond motifs is 4. The maximum absolute atomic E-state index is 13.1. The molecule has 2 saturated carbocycles. The average Bonchev–Trinajstić information content (AvgIpc) is 2.75. The summed E-state index contributed by atoms with van der Waals surface area (Å²) in [4.78, 5) is 28.9. The Labute approximate surface area is 194 Å². The zero-order valence-corrected chi connectivity index (χ0v) is 20.1. The molecule has 2 fully saturated rings. The Bertz CT molecular complexity index is 1140. The van der Waals surface area contributed by atoms with Gasteiger partial charge in [-0.05, 0) is 62.5 Å².